The highest BCUT2D eigenvalue weighted by atomic mass is 33.1. The number of nitrogens with two attached hydrogens (primary N) is 1. The molecule has 248 valence electrons. The first kappa shape index (κ1) is 35.9. The molecule has 1 heterocycles. The third kappa shape index (κ3) is 8.88. The second-order valence-corrected chi connectivity index (χ2v) is 17.8. The monoisotopic (exact) mass is 641 g/mol. The van der Waals surface area contributed by atoms with Crippen LogP contribution in [0.15, 0.2) is 46.1 Å². The zero-order valence-corrected chi connectivity index (χ0v) is 30.4. The van der Waals surface area contributed by atoms with Crippen molar-refractivity contribution in [3.63, 3.8) is 0 Å². The molecule has 0 unspecified atom stereocenters. The molecule has 8 atom stereocenters. The highest BCUT2D eigenvalue weighted by Gasteiger charge is 2.59. The van der Waals surface area contributed by atoms with E-state index < -0.39 is 0 Å². The number of amidine groups is 1. The summed E-state index contributed by atoms with van der Waals surface area (Å²) in [5.41, 5.74) is 8.30. The van der Waals surface area contributed by atoms with E-state index in [1.807, 2.05) is 42.1 Å². The van der Waals surface area contributed by atoms with Crippen molar-refractivity contribution in [3.8, 4) is 0 Å². The van der Waals surface area contributed by atoms with E-state index in [4.69, 9.17) is 5.73 Å². The van der Waals surface area contributed by atoms with Gasteiger partial charge in [0.05, 0.1) is 11.9 Å². The van der Waals surface area contributed by atoms with Gasteiger partial charge in [-0.1, -0.05) is 82.4 Å². The molecule has 4 nitrogen and oxygen atoms in total. The fourth-order valence-electron chi connectivity index (χ4n) is 9.76. The Morgan fingerprint density at radius 2 is 1.89 bits per heavy atom. The van der Waals surface area contributed by atoms with Crippen molar-refractivity contribution in [1.82, 2.24) is 4.98 Å². The zero-order chi connectivity index (χ0) is 31.7. The van der Waals surface area contributed by atoms with Crippen LogP contribution < -0.4 is 5.73 Å². The quantitative estimate of drug-likeness (QED) is 0.0781. The SMILES string of the molecule is CC(C)CCC[C@@H](C)[C@H]1CC[C@H]2[C@@H]3CC=C4C[C@@H](O)CC[C@]4(C)[C@H]3CC[C@]12C.CCN=C(N)CCCSSc1ccccn1. The fraction of sp³-hybridized carbons (Fsp3) is 0.789. The number of aliphatic hydroxyl groups excluding tert-OH is 1. The van der Waals surface area contributed by atoms with Gasteiger partial charge in [-0.15, -0.1) is 0 Å². The van der Waals surface area contributed by atoms with Gasteiger partial charge in [0.2, 0.25) is 0 Å². The van der Waals surface area contributed by atoms with Crippen molar-refractivity contribution in [2.75, 3.05) is 12.3 Å². The molecular weight excluding hydrogens is 579 g/mol. The topological polar surface area (TPSA) is 71.5 Å². The third-order valence-electron chi connectivity index (χ3n) is 12.1. The van der Waals surface area contributed by atoms with E-state index in [0.29, 0.717) is 10.8 Å². The molecule has 6 heteroatoms. The number of rotatable bonds is 12. The van der Waals surface area contributed by atoms with E-state index in [-0.39, 0.29) is 6.10 Å². The molecule has 0 bridgehead atoms. The lowest BCUT2D eigenvalue weighted by Gasteiger charge is -2.58. The normalized spacial score (nSPS) is 33.9. The van der Waals surface area contributed by atoms with Gasteiger partial charge in [0, 0.05) is 24.9 Å². The Morgan fingerprint density at radius 3 is 2.61 bits per heavy atom. The lowest BCUT2D eigenvalue weighted by atomic mass is 9.47. The zero-order valence-electron chi connectivity index (χ0n) is 28.8. The number of nitrogens with zero attached hydrogens (tertiary/aromatic N) is 2. The van der Waals surface area contributed by atoms with E-state index in [1.54, 1.807) is 16.4 Å². The lowest BCUT2D eigenvalue weighted by Crippen LogP contribution is -2.50. The lowest BCUT2D eigenvalue weighted by molar-refractivity contribution is -0.0573. The highest BCUT2D eigenvalue weighted by Crippen LogP contribution is 2.67. The van der Waals surface area contributed by atoms with E-state index in [9.17, 15) is 5.11 Å². The van der Waals surface area contributed by atoms with Crippen molar-refractivity contribution in [2.45, 2.75) is 136 Å². The number of aliphatic hydroxyl groups is 1. The molecule has 3 N–H and O–H groups in total. The molecule has 44 heavy (non-hydrogen) atoms. The van der Waals surface area contributed by atoms with Crippen LogP contribution in [-0.4, -0.2) is 34.3 Å². The standard InChI is InChI=1S/C27H46O.C11H17N3S2/c1-18(2)7-6-8-19(3)23-11-12-24-22-10-9-20-17-21(28)13-15-26(20,4)25(22)14-16-27(23,24)5;1-2-13-10(12)6-5-9-15-16-11-7-3-4-8-14-11/h9,18-19,21-25,28H,6-8,10-17H2,1-5H3;3-4,7-8H,2,5-6,9H2,1H3,(H2,12,13)/t19-,21+,22+,23-,24+,25+,26+,27-;/m1./s1. The van der Waals surface area contributed by atoms with E-state index in [1.165, 1.54) is 57.8 Å². The molecule has 4 aliphatic rings. The summed E-state index contributed by atoms with van der Waals surface area (Å²) in [5, 5.41) is 11.3. The van der Waals surface area contributed by atoms with Crippen LogP contribution in [0.1, 0.15) is 125 Å². The maximum Gasteiger partial charge on any atom is 0.106 e. The van der Waals surface area contributed by atoms with E-state index in [0.717, 1.165) is 84.3 Å². The smallest absolute Gasteiger partial charge is 0.106 e. The molecular formula is C38H63N3OS2. The summed E-state index contributed by atoms with van der Waals surface area (Å²) >= 11 is 0. The van der Waals surface area contributed by atoms with Crippen molar-refractivity contribution in [3.05, 3.63) is 36.0 Å². The first-order valence-electron chi connectivity index (χ1n) is 17.9. The van der Waals surface area contributed by atoms with Gasteiger partial charge in [0.1, 0.15) is 5.03 Å². The number of hydrogen-bond donors (Lipinski definition) is 2. The number of aliphatic imine (C=N–C) groups is 1. The average Bonchev–Trinajstić information content (AvgIpc) is 3.35. The van der Waals surface area contributed by atoms with Gasteiger partial charge < -0.3 is 10.8 Å². The summed E-state index contributed by atoms with van der Waals surface area (Å²) in [7, 11) is 3.52. The number of aromatic nitrogens is 1. The summed E-state index contributed by atoms with van der Waals surface area (Å²) in [4.78, 5) is 8.38. The fourth-order valence-corrected chi connectivity index (χ4v) is 11.7. The second-order valence-electron chi connectivity index (χ2n) is 15.3. The van der Waals surface area contributed by atoms with Gasteiger partial charge in [-0.05, 0) is 134 Å². The molecule has 1 aromatic rings. The summed E-state index contributed by atoms with van der Waals surface area (Å²) < 4.78 is 0. The molecule has 0 aliphatic heterocycles. The first-order valence-corrected chi connectivity index (χ1v) is 20.3. The number of hydrogen-bond acceptors (Lipinski definition) is 5. The molecule has 1 aromatic heterocycles. The van der Waals surface area contributed by atoms with Gasteiger partial charge in [-0.3, -0.25) is 4.99 Å². The van der Waals surface area contributed by atoms with Crippen LogP contribution in [0, 0.1) is 46.3 Å². The molecule has 5 rings (SSSR count). The van der Waals surface area contributed by atoms with Gasteiger partial charge in [0.25, 0.3) is 0 Å². The summed E-state index contributed by atoms with van der Waals surface area (Å²) in [6, 6.07) is 5.95. The Balaban J connectivity index is 0.000000236. The summed E-state index contributed by atoms with van der Waals surface area (Å²) in [6.07, 6.45) is 20.9. The van der Waals surface area contributed by atoms with Gasteiger partial charge in [-0.2, -0.15) is 0 Å². The van der Waals surface area contributed by atoms with Gasteiger partial charge >= 0.3 is 0 Å². The van der Waals surface area contributed by atoms with Crippen LogP contribution in [0.5, 0.6) is 0 Å². The second kappa shape index (κ2) is 16.7. The highest BCUT2D eigenvalue weighted by molar-refractivity contribution is 8.76. The van der Waals surface area contributed by atoms with Crippen LogP contribution in [0.25, 0.3) is 0 Å². The Morgan fingerprint density at radius 1 is 1.07 bits per heavy atom. The van der Waals surface area contributed by atoms with Gasteiger partial charge in [-0.25, -0.2) is 4.98 Å². The maximum absolute atomic E-state index is 10.2. The summed E-state index contributed by atoms with van der Waals surface area (Å²) in [5.74, 6) is 7.30. The molecule has 0 saturated heterocycles. The van der Waals surface area contributed by atoms with Crippen LogP contribution in [0.2, 0.25) is 0 Å². The number of fused-ring (bicyclic) bond motifs is 5. The van der Waals surface area contributed by atoms with Crippen molar-refractivity contribution < 1.29 is 5.11 Å². The predicted octanol–water partition coefficient (Wildman–Crippen LogP) is 10.4. The van der Waals surface area contributed by atoms with Crippen LogP contribution in [0.4, 0.5) is 0 Å². The molecule has 3 saturated carbocycles. The number of pyridine rings is 1. The molecule has 0 spiro atoms. The van der Waals surface area contributed by atoms with Crippen molar-refractivity contribution in [2.24, 2.45) is 57.1 Å². The Labute approximate surface area is 278 Å². The minimum absolute atomic E-state index is 0.0766. The van der Waals surface area contributed by atoms with E-state index in [2.05, 4.69) is 50.7 Å². The van der Waals surface area contributed by atoms with Crippen LogP contribution in [0.3, 0.4) is 0 Å². The Bertz CT molecular complexity index is 1080. The van der Waals surface area contributed by atoms with Crippen molar-refractivity contribution >= 4 is 27.4 Å². The largest absolute Gasteiger partial charge is 0.393 e. The Hall–Kier alpha value is -0.980. The maximum atomic E-state index is 10.2. The minimum Gasteiger partial charge on any atom is -0.393 e. The summed E-state index contributed by atoms with van der Waals surface area (Å²) in [6.45, 7) is 15.3. The Kier molecular flexibility index (Phi) is 13.6. The first-order chi connectivity index (χ1) is 21.1. The predicted molar refractivity (Wildman–Crippen MR) is 193 cm³/mol. The van der Waals surface area contributed by atoms with Crippen LogP contribution in [-0.2, 0) is 0 Å². The molecule has 0 aromatic carbocycles. The number of allylic oxidation sites excluding steroid dienone is 1. The molecule has 0 radical (unpaired) electrons. The molecule has 3 fully saturated rings. The van der Waals surface area contributed by atoms with E-state index >= 15 is 0 Å². The average molecular weight is 642 g/mol. The molecule has 0 amide bonds. The van der Waals surface area contributed by atoms with Crippen molar-refractivity contribution in [1.29, 1.82) is 0 Å². The van der Waals surface area contributed by atoms with Gasteiger partial charge in [0.15, 0.2) is 0 Å². The minimum atomic E-state index is -0.0766. The van der Waals surface area contributed by atoms with Crippen LogP contribution >= 0.6 is 21.6 Å². The molecule has 4 aliphatic carbocycles. The third-order valence-corrected chi connectivity index (χ3v) is 14.4.